The molecule has 0 radical (unpaired) electrons. The molecule has 5 nitrogen and oxygen atoms in total. The molecule has 2 fully saturated rings. The molecule has 0 spiro atoms. The highest BCUT2D eigenvalue weighted by Gasteiger charge is 2.40. The average Bonchev–Trinajstić information content (AvgIpc) is 3.28. The summed E-state index contributed by atoms with van der Waals surface area (Å²) in [6, 6.07) is 12.6. The fourth-order valence-electron chi connectivity index (χ4n) is 5.05. The molecule has 2 saturated carbocycles. The summed E-state index contributed by atoms with van der Waals surface area (Å²) in [7, 11) is -3.87. The molecule has 30 heavy (non-hydrogen) atoms. The van der Waals surface area contributed by atoms with Crippen LogP contribution in [0.1, 0.15) is 42.4 Å². The van der Waals surface area contributed by atoms with Crippen molar-refractivity contribution < 1.29 is 13.2 Å². The summed E-state index contributed by atoms with van der Waals surface area (Å²) >= 11 is 0. The smallest absolute Gasteiger partial charge is 0.264 e. The van der Waals surface area contributed by atoms with Crippen molar-refractivity contribution in [2.75, 3.05) is 10.8 Å². The highest BCUT2D eigenvalue weighted by molar-refractivity contribution is 7.92. The van der Waals surface area contributed by atoms with Gasteiger partial charge in [-0.25, -0.2) is 8.42 Å². The minimum Gasteiger partial charge on any atom is -0.352 e. The Labute approximate surface area is 179 Å². The van der Waals surface area contributed by atoms with Gasteiger partial charge in [-0.3, -0.25) is 9.10 Å². The van der Waals surface area contributed by atoms with Crippen molar-refractivity contribution in [2.45, 2.75) is 57.4 Å². The number of nitrogens with one attached hydrogen (secondary N) is 1. The Kier molecular flexibility index (Phi) is 5.62. The van der Waals surface area contributed by atoms with Crippen LogP contribution in [0, 0.1) is 32.6 Å². The summed E-state index contributed by atoms with van der Waals surface area (Å²) in [4.78, 5) is 13.1. The van der Waals surface area contributed by atoms with Gasteiger partial charge in [-0.1, -0.05) is 30.2 Å². The Morgan fingerprint density at radius 1 is 0.967 bits per heavy atom. The molecule has 6 heteroatoms. The lowest BCUT2D eigenvalue weighted by atomic mass is 9.95. The van der Waals surface area contributed by atoms with Crippen molar-refractivity contribution in [1.29, 1.82) is 0 Å². The Morgan fingerprint density at radius 3 is 2.20 bits per heavy atom. The molecule has 0 heterocycles. The second kappa shape index (κ2) is 8.06. The van der Waals surface area contributed by atoms with E-state index in [1.807, 2.05) is 39.0 Å². The zero-order chi connectivity index (χ0) is 21.5. The molecule has 2 bridgehead atoms. The van der Waals surface area contributed by atoms with Crippen LogP contribution in [0.5, 0.6) is 0 Å². The third-order valence-corrected chi connectivity index (χ3v) is 8.26. The SMILES string of the molecule is Cc1ccc(S(=O)(=O)N(CC(=O)N[C@H]2C[C@H]3CC[C@H]2C3)c2cc(C)cc(C)c2)cc1. The van der Waals surface area contributed by atoms with E-state index in [0.717, 1.165) is 29.5 Å². The molecule has 2 aromatic rings. The van der Waals surface area contributed by atoms with Crippen molar-refractivity contribution in [3.8, 4) is 0 Å². The maximum atomic E-state index is 13.5. The minimum absolute atomic E-state index is 0.180. The molecule has 2 aromatic carbocycles. The van der Waals surface area contributed by atoms with Crippen molar-refractivity contribution in [2.24, 2.45) is 11.8 Å². The maximum absolute atomic E-state index is 13.5. The third kappa shape index (κ3) is 4.24. The molecule has 3 atom stereocenters. The number of benzene rings is 2. The highest BCUT2D eigenvalue weighted by Crippen LogP contribution is 2.44. The van der Waals surface area contributed by atoms with Gasteiger partial charge in [-0.05, 0) is 87.3 Å². The minimum atomic E-state index is -3.87. The Balaban J connectivity index is 1.63. The summed E-state index contributed by atoms with van der Waals surface area (Å²) < 4.78 is 28.3. The molecule has 0 aromatic heterocycles. The fraction of sp³-hybridized carbons (Fsp3) is 0.458. The van der Waals surface area contributed by atoms with Crippen LogP contribution in [0.15, 0.2) is 47.4 Å². The lowest BCUT2D eigenvalue weighted by molar-refractivity contribution is -0.120. The van der Waals surface area contributed by atoms with Crippen LogP contribution in [-0.4, -0.2) is 26.9 Å². The quantitative estimate of drug-likeness (QED) is 0.756. The van der Waals surface area contributed by atoms with Gasteiger partial charge in [0.05, 0.1) is 10.6 Å². The number of sulfonamides is 1. The van der Waals surface area contributed by atoms with Crippen LogP contribution >= 0.6 is 0 Å². The molecule has 1 N–H and O–H groups in total. The first-order valence-corrected chi connectivity index (χ1v) is 12.1. The van der Waals surface area contributed by atoms with Crippen molar-refractivity contribution in [3.63, 3.8) is 0 Å². The van der Waals surface area contributed by atoms with E-state index < -0.39 is 10.0 Å². The maximum Gasteiger partial charge on any atom is 0.264 e. The number of aryl methyl sites for hydroxylation is 3. The fourth-order valence-corrected chi connectivity index (χ4v) is 6.46. The lowest BCUT2D eigenvalue weighted by Crippen LogP contribution is -2.46. The monoisotopic (exact) mass is 426 g/mol. The molecule has 0 saturated heterocycles. The highest BCUT2D eigenvalue weighted by atomic mass is 32.2. The summed E-state index contributed by atoms with van der Waals surface area (Å²) in [5.41, 5.74) is 3.43. The number of nitrogens with zero attached hydrogens (tertiary/aromatic N) is 1. The molecular weight excluding hydrogens is 396 g/mol. The summed E-state index contributed by atoms with van der Waals surface area (Å²) in [6.07, 6.45) is 4.63. The number of carbonyl (C=O) groups excluding carboxylic acids is 1. The predicted molar refractivity (Wildman–Crippen MR) is 119 cm³/mol. The Hall–Kier alpha value is -2.34. The van der Waals surface area contributed by atoms with Gasteiger partial charge in [0.25, 0.3) is 10.0 Å². The van der Waals surface area contributed by atoms with Gasteiger partial charge in [0.15, 0.2) is 0 Å². The predicted octanol–water partition coefficient (Wildman–Crippen LogP) is 4.11. The van der Waals surface area contributed by atoms with E-state index in [1.165, 1.54) is 17.1 Å². The van der Waals surface area contributed by atoms with Crippen molar-refractivity contribution >= 4 is 21.6 Å². The Morgan fingerprint density at radius 2 is 1.63 bits per heavy atom. The van der Waals surface area contributed by atoms with Gasteiger partial charge < -0.3 is 5.32 Å². The van der Waals surface area contributed by atoms with Gasteiger partial charge >= 0.3 is 0 Å². The first-order chi connectivity index (χ1) is 14.2. The molecular formula is C24H30N2O3S. The Bertz CT molecular complexity index is 1030. The van der Waals surface area contributed by atoms with E-state index >= 15 is 0 Å². The van der Waals surface area contributed by atoms with Gasteiger partial charge in [0.2, 0.25) is 5.91 Å². The number of hydrogen-bond donors (Lipinski definition) is 1. The van der Waals surface area contributed by atoms with Crippen LogP contribution in [0.4, 0.5) is 5.69 Å². The van der Waals surface area contributed by atoms with Gasteiger partial charge in [0.1, 0.15) is 6.54 Å². The van der Waals surface area contributed by atoms with E-state index in [0.29, 0.717) is 17.5 Å². The van der Waals surface area contributed by atoms with Crippen LogP contribution in [0.3, 0.4) is 0 Å². The second-order valence-electron chi connectivity index (χ2n) is 9.02. The average molecular weight is 427 g/mol. The number of amides is 1. The van der Waals surface area contributed by atoms with E-state index in [4.69, 9.17) is 0 Å². The van der Waals surface area contributed by atoms with Crippen LogP contribution in [0.25, 0.3) is 0 Å². The van der Waals surface area contributed by atoms with Crippen molar-refractivity contribution in [3.05, 3.63) is 59.2 Å². The first kappa shape index (κ1) is 20.9. The van der Waals surface area contributed by atoms with E-state index in [9.17, 15) is 13.2 Å². The molecule has 0 unspecified atom stereocenters. The van der Waals surface area contributed by atoms with E-state index in [1.54, 1.807) is 24.3 Å². The number of hydrogen-bond acceptors (Lipinski definition) is 3. The zero-order valence-electron chi connectivity index (χ0n) is 17.9. The zero-order valence-corrected chi connectivity index (χ0v) is 18.7. The van der Waals surface area contributed by atoms with Crippen molar-refractivity contribution in [1.82, 2.24) is 5.32 Å². The van der Waals surface area contributed by atoms with Gasteiger partial charge in [-0.2, -0.15) is 0 Å². The lowest BCUT2D eigenvalue weighted by Gasteiger charge is -2.27. The standard InChI is InChI=1S/C24H30N2O3S/c1-16-4-8-22(9-5-16)30(28,29)26(21-11-17(2)10-18(3)12-21)15-24(27)25-23-14-19-6-7-20(23)13-19/h4-5,8-12,19-20,23H,6-7,13-15H2,1-3H3,(H,25,27)/t19-,20-,23-/m0/s1. The molecule has 2 aliphatic rings. The second-order valence-corrected chi connectivity index (χ2v) is 10.9. The topological polar surface area (TPSA) is 66.5 Å². The molecule has 160 valence electrons. The normalized spacial score (nSPS) is 22.8. The third-order valence-electron chi connectivity index (χ3n) is 6.48. The molecule has 4 rings (SSSR count). The van der Waals surface area contributed by atoms with Gasteiger partial charge in [0, 0.05) is 6.04 Å². The molecule has 0 aliphatic heterocycles. The van der Waals surface area contributed by atoms with E-state index in [2.05, 4.69) is 5.32 Å². The molecule has 1 amide bonds. The van der Waals surface area contributed by atoms with Gasteiger partial charge in [-0.15, -0.1) is 0 Å². The largest absolute Gasteiger partial charge is 0.352 e. The molecule has 2 aliphatic carbocycles. The van der Waals surface area contributed by atoms with E-state index in [-0.39, 0.29) is 23.4 Å². The summed E-state index contributed by atoms with van der Waals surface area (Å²) in [5.74, 6) is 1.02. The number of rotatable bonds is 6. The van der Waals surface area contributed by atoms with Crippen LogP contribution < -0.4 is 9.62 Å². The number of fused-ring (bicyclic) bond motifs is 2. The summed E-state index contributed by atoms with van der Waals surface area (Å²) in [5, 5.41) is 3.13. The number of anilines is 1. The number of carbonyl (C=O) groups is 1. The van der Waals surface area contributed by atoms with Crippen LogP contribution in [0.2, 0.25) is 0 Å². The summed E-state index contributed by atoms with van der Waals surface area (Å²) in [6.45, 7) is 5.57. The van der Waals surface area contributed by atoms with Crippen LogP contribution in [-0.2, 0) is 14.8 Å². The first-order valence-electron chi connectivity index (χ1n) is 10.7.